The van der Waals surface area contributed by atoms with Crippen molar-refractivity contribution in [3.8, 4) is 23.0 Å². The fourth-order valence-electron chi connectivity index (χ4n) is 3.79. The van der Waals surface area contributed by atoms with Crippen molar-refractivity contribution in [1.29, 1.82) is 0 Å². The van der Waals surface area contributed by atoms with E-state index in [1.165, 1.54) is 0 Å². The Hall–Kier alpha value is -4.62. The van der Waals surface area contributed by atoms with E-state index < -0.39 is 87.0 Å². The standard InChI is InChI=1S/C24H12N4O12S4.2C2H6OS/c29-21-13-1-9(25(33)34)2-14(21)42-17-5-11(27(37)38)6-18(23(17)31)44-20-8-12(28(39)40)7-19(24(20)32)43-16-4-10(26(35)36)3-15(41-13)22(16)30;2*1-4(2)3/h1-8,29-32H;2*1-2H3. The van der Waals surface area contributed by atoms with E-state index in [0.717, 1.165) is 48.5 Å². The van der Waals surface area contributed by atoms with Crippen molar-refractivity contribution in [2.45, 2.75) is 39.2 Å². The van der Waals surface area contributed by atoms with Crippen molar-refractivity contribution in [2.75, 3.05) is 25.0 Å². The lowest BCUT2D eigenvalue weighted by atomic mass is 10.3. The number of aromatic hydroxyl groups is 4. The summed E-state index contributed by atoms with van der Waals surface area (Å²) in [5.41, 5.74) is -2.22. The Kier molecular flexibility index (Phi) is 14.3. The summed E-state index contributed by atoms with van der Waals surface area (Å²) in [6.45, 7) is 0. The van der Waals surface area contributed by atoms with Crippen molar-refractivity contribution < 1.29 is 48.5 Å². The number of rotatable bonds is 4. The molecule has 276 valence electrons. The molecule has 4 aromatic rings. The van der Waals surface area contributed by atoms with Gasteiger partial charge >= 0.3 is 0 Å². The Morgan fingerprint density at radius 3 is 0.615 bits per heavy atom. The number of nitro benzene ring substituents is 4. The van der Waals surface area contributed by atoms with Gasteiger partial charge in [-0.2, -0.15) is 0 Å². The smallest absolute Gasteiger partial charge is 0.271 e. The summed E-state index contributed by atoms with van der Waals surface area (Å²) in [6, 6.07) is 7.49. The Labute approximate surface area is 314 Å². The van der Waals surface area contributed by atoms with E-state index in [2.05, 4.69) is 0 Å². The van der Waals surface area contributed by atoms with Crippen LogP contribution in [0.15, 0.2) is 87.7 Å². The van der Waals surface area contributed by atoms with Crippen molar-refractivity contribution >= 4 is 91.4 Å². The van der Waals surface area contributed by atoms with E-state index in [1.54, 1.807) is 25.0 Å². The molecule has 1 heterocycles. The molecule has 52 heavy (non-hydrogen) atoms. The summed E-state index contributed by atoms with van der Waals surface area (Å²) in [4.78, 5) is 41.8. The second kappa shape index (κ2) is 17.7. The predicted octanol–water partition coefficient (Wildman–Crippen LogP) is 7.05. The first kappa shape index (κ1) is 41.8. The molecule has 0 unspecified atom stereocenters. The number of nitro groups is 4. The fraction of sp³-hybridized carbons (Fsp3) is 0.143. The molecule has 18 nitrogen and oxygen atoms in total. The molecule has 0 spiro atoms. The van der Waals surface area contributed by atoms with Gasteiger partial charge in [0.2, 0.25) is 0 Å². The van der Waals surface area contributed by atoms with E-state index in [-0.39, 0.29) is 39.2 Å². The minimum atomic E-state index is -0.794. The molecule has 0 saturated heterocycles. The molecule has 0 aromatic heterocycles. The minimum Gasteiger partial charge on any atom is -0.506 e. The lowest BCUT2D eigenvalue weighted by Gasteiger charge is -2.16. The molecular formula is C28H24N4O14S6. The maximum Gasteiger partial charge on any atom is 0.271 e. The number of benzene rings is 4. The first-order valence-electron chi connectivity index (χ1n) is 13.5. The molecule has 0 amide bonds. The Bertz CT molecular complexity index is 1780. The van der Waals surface area contributed by atoms with Gasteiger partial charge in [0.25, 0.3) is 22.7 Å². The van der Waals surface area contributed by atoms with Crippen LogP contribution in [0.1, 0.15) is 0 Å². The first-order valence-corrected chi connectivity index (χ1v) is 20.7. The van der Waals surface area contributed by atoms with Crippen molar-refractivity contribution in [1.82, 2.24) is 0 Å². The summed E-state index contributed by atoms with van der Waals surface area (Å²) in [6.07, 6.45) is 6.56. The fourth-order valence-corrected chi connectivity index (χ4v) is 8.09. The van der Waals surface area contributed by atoms with Gasteiger partial charge in [0.05, 0.1) is 58.9 Å². The van der Waals surface area contributed by atoms with E-state index in [0.29, 0.717) is 47.0 Å². The minimum absolute atomic E-state index is 0.249. The first-order chi connectivity index (χ1) is 24.2. The summed E-state index contributed by atoms with van der Waals surface area (Å²) in [7, 11) is -1.22. The van der Waals surface area contributed by atoms with Crippen LogP contribution in [-0.2, 0) is 21.6 Å². The molecule has 1 aliphatic heterocycles. The SMILES string of the molecule is CS(C)=O.CS(C)=O.O=[N+]([O-])c1cc2c(O)c(c1)Sc1cc([N+](=O)[O-])cc(c1O)Sc1cc([N+](=O)[O-])cc(c1O)Sc1cc([N+](=O)[O-])cc(c1O)S2. The molecule has 0 saturated carbocycles. The molecule has 0 radical (unpaired) electrons. The van der Waals surface area contributed by atoms with Gasteiger partial charge in [-0.1, -0.05) is 47.0 Å². The van der Waals surface area contributed by atoms with Gasteiger partial charge in [-0.15, -0.1) is 0 Å². The Morgan fingerprint density at radius 1 is 0.404 bits per heavy atom. The topological polar surface area (TPSA) is 288 Å². The van der Waals surface area contributed by atoms with Gasteiger partial charge in [-0.05, 0) is 0 Å². The monoisotopic (exact) mass is 832 g/mol. The van der Waals surface area contributed by atoms with Crippen LogP contribution in [0.3, 0.4) is 0 Å². The van der Waals surface area contributed by atoms with Crippen LogP contribution in [0.2, 0.25) is 0 Å². The zero-order valence-electron chi connectivity index (χ0n) is 26.7. The summed E-state index contributed by atoms with van der Waals surface area (Å²) < 4.78 is 19.1. The summed E-state index contributed by atoms with van der Waals surface area (Å²) in [5.74, 6) is -2.40. The lowest BCUT2D eigenvalue weighted by molar-refractivity contribution is -0.385. The van der Waals surface area contributed by atoms with E-state index >= 15 is 0 Å². The van der Waals surface area contributed by atoms with Gasteiger partial charge in [0, 0.05) is 95.2 Å². The van der Waals surface area contributed by atoms with Crippen LogP contribution in [0.4, 0.5) is 22.7 Å². The zero-order valence-corrected chi connectivity index (χ0v) is 31.6. The van der Waals surface area contributed by atoms with Crippen LogP contribution < -0.4 is 0 Å². The third-order valence-electron chi connectivity index (χ3n) is 5.82. The number of phenols is 4. The average molecular weight is 833 g/mol. The van der Waals surface area contributed by atoms with Crippen LogP contribution >= 0.6 is 47.0 Å². The third-order valence-corrected chi connectivity index (χ3v) is 10.1. The zero-order chi connectivity index (χ0) is 39.2. The van der Waals surface area contributed by atoms with Crippen molar-refractivity contribution in [3.05, 3.63) is 89.0 Å². The molecule has 5 rings (SSSR count). The number of non-ortho nitro benzene ring substituents is 4. The maximum absolute atomic E-state index is 11.7. The van der Waals surface area contributed by atoms with Gasteiger partial charge in [0.1, 0.15) is 23.0 Å². The highest BCUT2D eigenvalue weighted by Crippen LogP contribution is 2.55. The average Bonchev–Trinajstić information content (AvgIpc) is 3.02. The molecule has 0 atom stereocenters. The third kappa shape index (κ3) is 10.7. The highest BCUT2D eigenvalue weighted by atomic mass is 32.2. The summed E-state index contributed by atoms with van der Waals surface area (Å²) in [5, 5.41) is 91.3. The van der Waals surface area contributed by atoms with Crippen LogP contribution in [0.5, 0.6) is 23.0 Å². The van der Waals surface area contributed by atoms with Gasteiger partial charge < -0.3 is 20.4 Å². The van der Waals surface area contributed by atoms with E-state index in [9.17, 15) is 69.3 Å². The lowest BCUT2D eigenvalue weighted by Crippen LogP contribution is -1.94. The Balaban J connectivity index is 0.000000827. The molecule has 24 heteroatoms. The van der Waals surface area contributed by atoms with Gasteiger partial charge in [-0.25, -0.2) is 0 Å². The highest BCUT2D eigenvalue weighted by molar-refractivity contribution is 8.01. The van der Waals surface area contributed by atoms with E-state index in [4.69, 9.17) is 0 Å². The van der Waals surface area contributed by atoms with Gasteiger partial charge in [0.15, 0.2) is 0 Å². The number of hydrogen-bond donors (Lipinski definition) is 4. The molecule has 4 aromatic carbocycles. The molecule has 0 fully saturated rings. The van der Waals surface area contributed by atoms with Crippen LogP contribution in [0.25, 0.3) is 0 Å². The molecule has 8 bridgehead atoms. The van der Waals surface area contributed by atoms with Gasteiger partial charge in [-0.3, -0.25) is 48.9 Å². The van der Waals surface area contributed by atoms with Crippen molar-refractivity contribution in [2.24, 2.45) is 0 Å². The molecular weight excluding hydrogens is 809 g/mol. The largest absolute Gasteiger partial charge is 0.506 e. The number of nitrogens with zero attached hydrogens (tertiary/aromatic N) is 4. The summed E-state index contributed by atoms with van der Waals surface area (Å²) >= 11 is 2.05. The van der Waals surface area contributed by atoms with E-state index in [1.807, 2.05) is 0 Å². The molecule has 1 aliphatic rings. The van der Waals surface area contributed by atoms with Crippen LogP contribution in [-0.4, -0.2) is 73.6 Å². The van der Waals surface area contributed by atoms with Crippen molar-refractivity contribution in [3.63, 3.8) is 0 Å². The second-order valence-corrected chi connectivity index (χ2v) is 17.4. The maximum atomic E-state index is 11.7. The number of hydrogen-bond acceptors (Lipinski definition) is 18. The number of fused-ring (bicyclic) bond motifs is 8. The molecule has 4 N–H and O–H groups in total. The molecule has 0 aliphatic carbocycles. The van der Waals surface area contributed by atoms with Crippen LogP contribution in [0, 0.1) is 40.5 Å². The normalized spacial score (nSPS) is 11.8. The second-order valence-electron chi connectivity index (χ2n) is 10.1. The quantitative estimate of drug-likeness (QED) is 0.104. The predicted molar refractivity (Wildman–Crippen MR) is 196 cm³/mol. The Morgan fingerprint density at radius 2 is 0.519 bits per heavy atom. The number of phenolic OH excluding ortho intramolecular Hbond substituents is 4. The highest BCUT2D eigenvalue weighted by Gasteiger charge is 2.28.